The number of aromatic hydroxyl groups is 3. The van der Waals surface area contributed by atoms with Crippen molar-refractivity contribution in [2.75, 3.05) is 5.32 Å². The monoisotopic (exact) mass is 347 g/mol. The van der Waals surface area contributed by atoms with Crippen LogP contribution in [-0.2, 0) is 0 Å². The van der Waals surface area contributed by atoms with Crippen LogP contribution >= 0.6 is 11.3 Å². The predicted octanol–water partition coefficient (Wildman–Crippen LogP) is 2.71. The number of hydrogen-bond acceptors (Lipinski definition) is 7. The fourth-order valence-electron chi connectivity index (χ4n) is 1.92. The summed E-state index contributed by atoms with van der Waals surface area (Å²) in [4.78, 5) is 12.1. The van der Waals surface area contributed by atoms with E-state index in [1.807, 2.05) is 0 Å². The number of rotatable bonds is 3. The molecule has 24 heavy (non-hydrogen) atoms. The highest BCUT2D eigenvalue weighted by atomic mass is 32.1. The van der Waals surface area contributed by atoms with Gasteiger partial charge < -0.3 is 15.3 Å². The van der Waals surface area contributed by atoms with Gasteiger partial charge in [-0.25, -0.2) is 4.39 Å². The lowest BCUT2D eigenvalue weighted by Crippen LogP contribution is -2.11. The molecule has 0 aliphatic rings. The lowest BCUT2D eigenvalue weighted by atomic mass is 10.1. The molecule has 0 aliphatic heterocycles. The van der Waals surface area contributed by atoms with Gasteiger partial charge in [-0.1, -0.05) is 23.5 Å². The van der Waals surface area contributed by atoms with Crippen molar-refractivity contribution in [1.29, 1.82) is 0 Å². The molecule has 122 valence electrons. The maximum absolute atomic E-state index is 13.7. The molecule has 0 saturated heterocycles. The second kappa shape index (κ2) is 6.13. The van der Waals surface area contributed by atoms with Crippen LogP contribution in [0.3, 0.4) is 0 Å². The average molecular weight is 347 g/mol. The Labute approximate surface area is 138 Å². The van der Waals surface area contributed by atoms with Gasteiger partial charge in [0.25, 0.3) is 5.91 Å². The zero-order valence-corrected chi connectivity index (χ0v) is 12.7. The van der Waals surface area contributed by atoms with Crippen molar-refractivity contribution in [3.63, 3.8) is 0 Å². The summed E-state index contributed by atoms with van der Waals surface area (Å²) in [5, 5.41) is 38.5. The molecule has 0 fully saturated rings. The summed E-state index contributed by atoms with van der Waals surface area (Å²) in [5.74, 6) is -3.13. The zero-order valence-electron chi connectivity index (χ0n) is 11.9. The van der Waals surface area contributed by atoms with Crippen molar-refractivity contribution in [2.45, 2.75) is 0 Å². The number of amides is 1. The molecule has 2 aromatic carbocycles. The van der Waals surface area contributed by atoms with Gasteiger partial charge in [-0.3, -0.25) is 10.1 Å². The summed E-state index contributed by atoms with van der Waals surface area (Å²) in [6.07, 6.45) is 0. The second-order valence-corrected chi connectivity index (χ2v) is 5.69. The standard InChI is InChI=1S/C15H10FN3O4S/c16-9-4-2-1-3-8(9)14-18-19-15(24-14)17-13(23)7-5-10(20)12(22)11(21)6-7/h1-6,20-22H,(H,17,19,23). The van der Waals surface area contributed by atoms with E-state index in [4.69, 9.17) is 0 Å². The van der Waals surface area contributed by atoms with Crippen LogP contribution in [0.2, 0.25) is 0 Å². The van der Waals surface area contributed by atoms with E-state index in [9.17, 15) is 24.5 Å². The van der Waals surface area contributed by atoms with Crippen LogP contribution in [0.25, 0.3) is 10.6 Å². The maximum Gasteiger partial charge on any atom is 0.257 e. The highest BCUT2D eigenvalue weighted by Gasteiger charge is 2.16. The van der Waals surface area contributed by atoms with Gasteiger partial charge in [0.05, 0.1) is 0 Å². The Balaban J connectivity index is 1.82. The molecule has 0 radical (unpaired) electrons. The number of carbonyl (C=O) groups excluding carboxylic acids is 1. The van der Waals surface area contributed by atoms with Crippen LogP contribution in [0.4, 0.5) is 9.52 Å². The predicted molar refractivity (Wildman–Crippen MR) is 84.7 cm³/mol. The Morgan fingerprint density at radius 3 is 2.42 bits per heavy atom. The molecule has 0 unspecified atom stereocenters. The topological polar surface area (TPSA) is 116 Å². The molecule has 0 aliphatic carbocycles. The minimum absolute atomic E-state index is 0.0922. The Morgan fingerprint density at radius 2 is 1.75 bits per heavy atom. The molecule has 9 heteroatoms. The van der Waals surface area contributed by atoms with Gasteiger partial charge in [-0.15, -0.1) is 10.2 Å². The Bertz CT molecular complexity index is 906. The minimum Gasteiger partial charge on any atom is -0.504 e. The van der Waals surface area contributed by atoms with Crippen molar-refractivity contribution in [1.82, 2.24) is 10.2 Å². The van der Waals surface area contributed by atoms with E-state index >= 15 is 0 Å². The van der Waals surface area contributed by atoms with Gasteiger partial charge in [0.1, 0.15) is 5.82 Å². The Kier molecular flexibility index (Phi) is 4.00. The summed E-state index contributed by atoms with van der Waals surface area (Å²) in [6, 6.07) is 8.01. The first-order valence-electron chi connectivity index (χ1n) is 6.60. The molecule has 0 saturated carbocycles. The van der Waals surface area contributed by atoms with Crippen molar-refractivity contribution in [2.24, 2.45) is 0 Å². The fraction of sp³-hybridized carbons (Fsp3) is 0. The van der Waals surface area contributed by atoms with E-state index in [2.05, 4.69) is 15.5 Å². The minimum atomic E-state index is -0.718. The molecular formula is C15H10FN3O4S. The first-order chi connectivity index (χ1) is 11.5. The van der Waals surface area contributed by atoms with Gasteiger partial charge >= 0.3 is 0 Å². The number of benzene rings is 2. The van der Waals surface area contributed by atoms with E-state index < -0.39 is 29.0 Å². The molecule has 1 amide bonds. The molecule has 3 rings (SSSR count). The number of halogens is 1. The molecule has 0 atom stereocenters. The number of nitrogens with zero attached hydrogens (tertiary/aromatic N) is 2. The van der Waals surface area contributed by atoms with Gasteiger partial charge in [0.15, 0.2) is 22.3 Å². The zero-order chi connectivity index (χ0) is 17.3. The molecule has 1 aromatic heterocycles. The number of anilines is 1. The first-order valence-corrected chi connectivity index (χ1v) is 7.42. The normalized spacial score (nSPS) is 10.5. The van der Waals surface area contributed by atoms with Crippen molar-refractivity contribution in [3.8, 4) is 27.8 Å². The largest absolute Gasteiger partial charge is 0.504 e. The van der Waals surface area contributed by atoms with Crippen molar-refractivity contribution in [3.05, 3.63) is 47.8 Å². The van der Waals surface area contributed by atoms with Crippen LogP contribution < -0.4 is 5.32 Å². The maximum atomic E-state index is 13.7. The summed E-state index contributed by atoms with van der Waals surface area (Å²) in [5.41, 5.74) is 0.167. The molecular weight excluding hydrogens is 337 g/mol. The lowest BCUT2D eigenvalue weighted by Gasteiger charge is -2.05. The third kappa shape index (κ3) is 2.97. The smallest absolute Gasteiger partial charge is 0.257 e. The number of hydrogen-bond donors (Lipinski definition) is 4. The van der Waals surface area contributed by atoms with E-state index in [1.54, 1.807) is 12.1 Å². The number of phenolic OH excluding ortho intramolecular Hbond substituents is 3. The fourth-order valence-corrected chi connectivity index (χ4v) is 2.69. The van der Waals surface area contributed by atoms with Crippen molar-refractivity contribution >= 4 is 22.4 Å². The lowest BCUT2D eigenvalue weighted by molar-refractivity contribution is 0.102. The Morgan fingerprint density at radius 1 is 1.08 bits per heavy atom. The molecule has 3 aromatic rings. The van der Waals surface area contributed by atoms with Gasteiger partial charge in [0, 0.05) is 11.1 Å². The summed E-state index contributed by atoms with van der Waals surface area (Å²) in [7, 11) is 0. The number of aromatic nitrogens is 2. The summed E-state index contributed by atoms with van der Waals surface area (Å²) < 4.78 is 13.7. The quantitative estimate of drug-likeness (QED) is 0.542. The summed E-state index contributed by atoms with van der Waals surface area (Å²) >= 11 is 0.966. The van der Waals surface area contributed by atoms with E-state index in [1.165, 1.54) is 12.1 Å². The van der Waals surface area contributed by atoms with Crippen LogP contribution in [0.1, 0.15) is 10.4 Å². The highest BCUT2D eigenvalue weighted by molar-refractivity contribution is 7.18. The number of carbonyl (C=O) groups is 1. The van der Waals surface area contributed by atoms with Gasteiger partial charge in [-0.2, -0.15) is 0 Å². The van der Waals surface area contributed by atoms with Crippen LogP contribution in [0, 0.1) is 5.82 Å². The summed E-state index contributed by atoms with van der Waals surface area (Å²) in [6.45, 7) is 0. The third-order valence-corrected chi connectivity index (χ3v) is 3.95. The molecule has 0 spiro atoms. The highest BCUT2D eigenvalue weighted by Crippen LogP contribution is 2.35. The van der Waals surface area contributed by atoms with Gasteiger partial charge in [-0.05, 0) is 24.3 Å². The molecule has 1 heterocycles. The van der Waals surface area contributed by atoms with E-state index in [0.717, 1.165) is 23.5 Å². The van der Waals surface area contributed by atoms with Crippen molar-refractivity contribution < 1.29 is 24.5 Å². The van der Waals surface area contributed by atoms with E-state index in [0.29, 0.717) is 5.01 Å². The van der Waals surface area contributed by atoms with E-state index in [-0.39, 0.29) is 16.3 Å². The van der Waals surface area contributed by atoms with Crippen LogP contribution in [0.5, 0.6) is 17.2 Å². The number of nitrogens with one attached hydrogen (secondary N) is 1. The Hall–Kier alpha value is -3.20. The SMILES string of the molecule is O=C(Nc1nnc(-c2ccccc2F)s1)c1cc(O)c(O)c(O)c1. The van der Waals surface area contributed by atoms with Gasteiger partial charge in [0.2, 0.25) is 5.13 Å². The molecule has 7 nitrogen and oxygen atoms in total. The average Bonchev–Trinajstić information content (AvgIpc) is 3.00. The molecule has 4 N–H and O–H groups in total. The first kappa shape index (κ1) is 15.7. The van der Waals surface area contributed by atoms with Crippen LogP contribution in [-0.4, -0.2) is 31.4 Å². The second-order valence-electron chi connectivity index (χ2n) is 4.71. The van der Waals surface area contributed by atoms with Crippen LogP contribution in [0.15, 0.2) is 36.4 Å². The number of phenols is 3. The third-order valence-electron chi connectivity index (χ3n) is 3.08. The molecule has 0 bridgehead atoms.